The van der Waals surface area contributed by atoms with Crippen LogP contribution in [-0.2, 0) is 28.5 Å². The van der Waals surface area contributed by atoms with Crippen LogP contribution >= 0.6 is 0 Å². The average Bonchev–Trinajstić information content (AvgIpc) is 3.47. The van der Waals surface area contributed by atoms with Gasteiger partial charge in [0, 0.05) is 25.6 Å². The number of aliphatic hydroxyl groups is 8. The maximum atomic E-state index is 13.1. The van der Waals surface area contributed by atoms with Crippen LogP contribution in [0.3, 0.4) is 0 Å². The predicted molar refractivity (Wildman–Crippen MR) is 207 cm³/mol. The molecule has 3 saturated heterocycles. The van der Waals surface area contributed by atoms with E-state index in [0.29, 0.717) is 6.42 Å². The number of amides is 2. The molecule has 11 N–H and O–H groups in total. The van der Waals surface area contributed by atoms with Crippen LogP contribution in [0.25, 0.3) is 0 Å². The van der Waals surface area contributed by atoms with Gasteiger partial charge in [-0.05, 0) is 24.8 Å². The largest absolute Gasteiger partial charge is 0.394 e. The minimum atomic E-state index is -1.85. The molecule has 20 heteroatoms. The quantitative estimate of drug-likeness (QED) is 0.0467. The van der Waals surface area contributed by atoms with E-state index in [-0.39, 0.29) is 0 Å². The normalized spacial score (nSPS) is 34.3. The molecule has 3 fully saturated rings. The summed E-state index contributed by atoms with van der Waals surface area (Å²) in [5.41, 5.74) is -1.68. The highest BCUT2D eigenvalue weighted by atomic mass is 16.8. The highest BCUT2D eigenvalue weighted by molar-refractivity contribution is 5.87. The molecule has 20 nitrogen and oxygen atoms in total. The summed E-state index contributed by atoms with van der Waals surface area (Å²) in [6.45, 7) is 4.81. The summed E-state index contributed by atoms with van der Waals surface area (Å²) in [4.78, 5) is 51.1. The summed E-state index contributed by atoms with van der Waals surface area (Å²) >= 11 is 0. The number of nitrogens with one attached hydrogen (secondary N) is 3. The van der Waals surface area contributed by atoms with Gasteiger partial charge in [0.15, 0.2) is 18.8 Å². The lowest BCUT2D eigenvalue weighted by Gasteiger charge is -2.47. The summed E-state index contributed by atoms with van der Waals surface area (Å²) in [6, 6.07) is -2.01. The summed E-state index contributed by atoms with van der Waals surface area (Å²) in [5, 5.41) is 91.4. The third-order valence-electron chi connectivity index (χ3n) is 11.0. The second-order valence-electron chi connectivity index (χ2n) is 16.1. The van der Waals surface area contributed by atoms with E-state index in [1.54, 1.807) is 6.08 Å². The van der Waals surface area contributed by atoms with Crippen LogP contribution in [0, 0.1) is 5.92 Å². The van der Waals surface area contributed by atoms with Crippen molar-refractivity contribution in [2.75, 3.05) is 6.61 Å². The molecule has 15 atom stereocenters. The molecule has 3 aliphatic rings. The predicted octanol–water partition coefficient (Wildman–Crippen LogP) is -2.09. The third kappa shape index (κ3) is 13.4. The highest BCUT2D eigenvalue weighted by Crippen LogP contribution is 2.34. The van der Waals surface area contributed by atoms with Gasteiger partial charge in [0.05, 0.1) is 18.8 Å². The van der Waals surface area contributed by atoms with Crippen molar-refractivity contribution in [3.8, 4) is 0 Å². The monoisotopic (exact) mass is 844 g/mol. The van der Waals surface area contributed by atoms with Crippen LogP contribution in [0.2, 0.25) is 0 Å². The van der Waals surface area contributed by atoms with Crippen LogP contribution in [0.4, 0.5) is 0 Å². The zero-order valence-corrected chi connectivity index (χ0v) is 33.8. The molecule has 4 heterocycles. The maximum absolute atomic E-state index is 13.1. The second-order valence-corrected chi connectivity index (χ2v) is 16.1. The number of rotatable bonds is 21. The lowest BCUT2D eigenvalue weighted by molar-refractivity contribution is -0.346. The molecule has 2 amide bonds. The van der Waals surface area contributed by atoms with Gasteiger partial charge in [-0.3, -0.25) is 23.9 Å². The van der Waals surface area contributed by atoms with E-state index in [0.717, 1.165) is 55.4 Å². The first-order valence-corrected chi connectivity index (χ1v) is 20.6. The number of unbranched alkanes of at least 4 members (excludes halogenated alkanes) is 8. The lowest BCUT2D eigenvalue weighted by atomic mass is 9.91. The fraction of sp³-hybridized carbons (Fsp3) is 0.795. The van der Waals surface area contributed by atoms with Gasteiger partial charge in [-0.15, -0.1) is 0 Å². The first kappa shape index (κ1) is 48.5. The maximum Gasteiger partial charge on any atom is 0.330 e. The van der Waals surface area contributed by atoms with Crippen molar-refractivity contribution < 1.29 is 69.4 Å². The van der Waals surface area contributed by atoms with Gasteiger partial charge in [-0.1, -0.05) is 71.3 Å². The van der Waals surface area contributed by atoms with Gasteiger partial charge < -0.3 is 70.4 Å². The third-order valence-corrected chi connectivity index (χ3v) is 11.0. The minimum absolute atomic E-state index is 0.597. The molecule has 336 valence electrons. The first-order chi connectivity index (χ1) is 28.0. The van der Waals surface area contributed by atoms with Gasteiger partial charge in [0.25, 0.3) is 5.56 Å². The summed E-state index contributed by atoms with van der Waals surface area (Å²) in [5.74, 6) is -0.621. The van der Waals surface area contributed by atoms with E-state index in [4.69, 9.17) is 18.9 Å². The highest BCUT2D eigenvalue weighted by Gasteiger charge is 2.53. The van der Waals surface area contributed by atoms with Gasteiger partial charge in [0.1, 0.15) is 60.9 Å². The average molecular weight is 845 g/mol. The molecule has 0 aliphatic carbocycles. The summed E-state index contributed by atoms with van der Waals surface area (Å²) < 4.78 is 24.1. The van der Waals surface area contributed by atoms with Crippen molar-refractivity contribution in [1.82, 2.24) is 20.2 Å². The molecular formula is C39H64N4O16. The van der Waals surface area contributed by atoms with Crippen LogP contribution in [0.15, 0.2) is 34.0 Å². The Morgan fingerprint density at radius 3 is 1.98 bits per heavy atom. The molecule has 0 radical (unpaired) electrons. The number of aromatic amines is 1. The molecule has 0 saturated carbocycles. The van der Waals surface area contributed by atoms with E-state index in [1.165, 1.54) is 38.2 Å². The number of nitrogens with zero attached hydrogens (tertiary/aromatic N) is 1. The molecule has 0 spiro atoms. The zero-order chi connectivity index (χ0) is 43.4. The Morgan fingerprint density at radius 2 is 1.39 bits per heavy atom. The number of aromatic nitrogens is 2. The van der Waals surface area contributed by atoms with E-state index < -0.39 is 128 Å². The van der Waals surface area contributed by atoms with E-state index in [1.807, 2.05) is 4.98 Å². The topological polar surface area (TPSA) is 312 Å². The number of H-pyrrole nitrogens is 1. The standard InChI is InChI=1S/C39H64N4O16/c1-20(2)14-12-10-8-6-4-5-7-9-11-13-15-25(47)41-28-32(52)29(49)23(56-38(28)59-37-27(40-21(3)45)31(51)30(50)24(19-44)57-37)18-22(46)35-33(53)34(54)36(58-35)43-17-16-26(48)42-39(43)55/h13,15-17,20,22-24,27-38,44,46,49-54H,4-12,14,18-19H2,1-3H3,(H,40,45)(H,41,47)(H,42,48,55)/b15-13+/t22-,23-,24-,27-,28-,29+,30-,31-,32-,33+,34-,35-,36-,37-,38+/m1/s1. The zero-order valence-electron chi connectivity index (χ0n) is 33.8. The molecule has 3 aliphatic heterocycles. The molecule has 1 aromatic rings. The first-order valence-electron chi connectivity index (χ1n) is 20.6. The van der Waals surface area contributed by atoms with E-state index in [2.05, 4.69) is 24.5 Å². The van der Waals surface area contributed by atoms with Crippen LogP contribution in [0.5, 0.6) is 0 Å². The Morgan fingerprint density at radius 1 is 0.814 bits per heavy atom. The molecule has 0 unspecified atom stereocenters. The van der Waals surface area contributed by atoms with Gasteiger partial charge >= 0.3 is 5.69 Å². The Labute approximate surface area is 342 Å². The van der Waals surface area contributed by atoms with Gasteiger partial charge in [0.2, 0.25) is 11.8 Å². The Hall–Kier alpha value is -3.12. The molecule has 59 heavy (non-hydrogen) atoms. The van der Waals surface area contributed by atoms with Crippen LogP contribution in [0.1, 0.15) is 97.6 Å². The molecule has 0 aromatic carbocycles. The van der Waals surface area contributed by atoms with Crippen molar-refractivity contribution in [2.24, 2.45) is 5.92 Å². The Bertz CT molecular complexity index is 1610. The van der Waals surface area contributed by atoms with Crippen molar-refractivity contribution in [3.05, 3.63) is 45.3 Å². The van der Waals surface area contributed by atoms with Gasteiger partial charge in [-0.25, -0.2) is 4.79 Å². The second kappa shape index (κ2) is 23.2. The molecule has 4 rings (SSSR count). The number of allylic oxidation sites excluding steroid dienone is 1. The number of carbonyl (C=O) groups excluding carboxylic acids is 2. The fourth-order valence-corrected chi connectivity index (χ4v) is 7.63. The van der Waals surface area contributed by atoms with E-state index in [9.17, 15) is 60.0 Å². The number of hydrogen-bond acceptors (Lipinski definition) is 16. The fourth-order valence-electron chi connectivity index (χ4n) is 7.63. The molecule has 0 bridgehead atoms. The van der Waals surface area contributed by atoms with E-state index >= 15 is 0 Å². The Kier molecular flexibility index (Phi) is 19.1. The van der Waals surface area contributed by atoms with Crippen molar-refractivity contribution >= 4 is 11.8 Å². The molecular weight excluding hydrogens is 780 g/mol. The number of ether oxygens (including phenoxy) is 4. The smallest absolute Gasteiger partial charge is 0.330 e. The van der Waals surface area contributed by atoms with Crippen molar-refractivity contribution in [2.45, 2.75) is 183 Å². The number of hydrogen-bond donors (Lipinski definition) is 11. The summed E-state index contributed by atoms with van der Waals surface area (Å²) in [7, 11) is 0. The van der Waals surface area contributed by atoms with Crippen molar-refractivity contribution in [3.63, 3.8) is 0 Å². The van der Waals surface area contributed by atoms with Crippen LogP contribution in [-0.4, -0.2) is 155 Å². The lowest BCUT2D eigenvalue weighted by Crippen LogP contribution is -2.68. The Balaban J connectivity index is 1.44. The van der Waals surface area contributed by atoms with Gasteiger partial charge in [-0.2, -0.15) is 0 Å². The molecule has 1 aromatic heterocycles. The van der Waals surface area contributed by atoms with Crippen molar-refractivity contribution in [1.29, 1.82) is 0 Å². The number of aliphatic hydroxyl groups excluding tert-OH is 8. The van der Waals surface area contributed by atoms with Crippen LogP contribution < -0.4 is 21.9 Å². The minimum Gasteiger partial charge on any atom is -0.394 e. The number of carbonyl (C=O) groups is 2. The SMILES string of the molecule is CC(=O)N[C@H]1[C@@H](O[C@@H]2O[C@H](C[C@@H](O)[C@H]3O[C@@H](n4ccc(=O)[nH]c4=O)[C@H](O)[C@@H]3O)[C@H](O)[C@H](O)[C@H]2NC(=O)/C=C/CCCCCCCCCCC(C)C)O[C@H](CO)[C@@H](O)[C@@H]1O. The summed E-state index contributed by atoms with van der Waals surface area (Å²) in [6.07, 6.45) is -7.65.